The lowest BCUT2D eigenvalue weighted by Crippen LogP contribution is -2.32. The maximum absolute atomic E-state index is 11.8. The van der Waals surface area contributed by atoms with Crippen LogP contribution in [0.25, 0.3) is 11.3 Å². The third-order valence-corrected chi connectivity index (χ3v) is 3.44. The van der Waals surface area contributed by atoms with E-state index in [2.05, 4.69) is 15.3 Å². The van der Waals surface area contributed by atoms with Gasteiger partial charge in [-0.05, 0) is 19.4 Å². The van der Waals surface area contributed by atoms with Crippen LogP contribution < -0.4 is 11.1 Å². The fraction of sp³-hybridized carbons (Fsp3) is 0.400. The lowest BCUT2D eigenvalue weighted by Gasteiger charge is -2.13. The van der Waals surface area contributed by atoms with Gasteiger partial charge in [-0.1, -0.05) is 6.92 Å². The van der Waals surface area contributed by atoms with Crippen molar-refractivity contribution in [3.63, 3.8) is 0 Å². The summed E-state index contributed by atoms with van der Waals surface area (Å²) in [5, 5.41) is 2.95. The molecule has 2 rings (SSSR count). The average molecular weight is 287 g/mol. The van der Waals surface area contributed by atoms with Gasteiger partial charge < -0.3 is 15.6 Å². The number of anilines is 1. The highest BCUT2D eigenvalue weighted by Crippen LogP contribution is 2.24. The molecule has 1 unspecified atom stereocenters. The van der Waals surface area contributed by atoms with Gasteiger partial charge in [-0.3, -0.25) is 9.78 Å². The maximum atomic E-state index is 11.8. The molecular weight excluding hydrogens is 266 g/mol. The molecule has 0 aliphatic heterocycles. The van der Waals surface area contributed by atoms with Gasteiger partial charge in [0.05, 0.1) is 18.2 Å². The minimum absolute atomic E-state index is 0.0446. The molecule has 21 heavy (non-hydrogen) atoms. The molecule has 2 heterocycles. The summed E-state index contributed by atoms with van der Waals surface area (Å²) in [4.78, 5) is 20.1. The summed E-state index contributed by atoms with van der Waals surface area (Å²) in [6, 6.07) is 1.95. The summed E-state index contributed by atoms with van der Waals surface area (Å²) in [6.45, 7) is 4.60. The van der Waals surface area contributed by atoms with E-state index in [0.29, 0.717) is 18.7 Å². The van der Waals surface area contributed by atoms with Crippen molar-refractivity contribution in [1.82, 2.24) is 19.9 Å². The molecule has 0 saturated carbocycles. The molecule has 0 aliphatic rings. The Morgan fingerprint density at radius 3 is 2.95 bits per heavy atom. The number of hydrogen-bond acceptors (Lipinski definition) is 4. The van der Waals surface area contributed by atoms with Crippen LogP contribution in [0.3, 0.4) is 0 Å². The molecule has 0 fully saturated rings. The van der Waals surface area contributed by atoms with Crippen molar-refractivity contribution in [3.8, 4) is 11.3 Å². The predicted molar refractivity (Wildman–Crippen MR) is 82.4 cm³/mol. The van der Waals surface area contributed by atoms with Crippen LogP contribution in [-0.2, 0) is 11.3 Å². The Labute approximate surface area is 124 Å². The second-order valence-corrected chi connectivity index (χ2v) is 5.06. The summed E-state index contributed by atoms with van der Waals surface area (Å²) >= 11 is 0. The van der Waals surface area contributed by atoms with Gasteiger partial charge in [-0.15, -0.1) is 0 Å². The first-order chi connectivity index (χ1) is 10.1. The second kappa shape index (κ2) is 6.88. The van der Waals surface area contributed by atoms with Gasteiger partial charge in [0.1, 0.15) is 0 Å². The molecule has 6 nitrogen and oxygen atoms in total. The van der Waals surface area contributed by atoms with Crippen molar-refractivity contribution in [2.45, 2.75) is 39.3 Å². The highest BCUT2D eigenvalue weighted by molar-refractivity contribution is 5.76. The van der Waals surface area contributed by atoms with E-state index in [-0.39, 0.29) is 11.9 Å². The molecule has 0 bridgehead atoms. The molecule has 0 radical (unpaired) electrons. The van der Waals surface area contributed by atoms with Gasteiger partial charge in [0.25, 0.3) is 0 Å². The number of rotatable bonds is 6. The number of nitrogens with one attached hydrogen (secondary N) is 1. The molecule has 0 aromatic carbocycles. The molecule has 2 aromatic heterocycles. The minimum Gasteiger partial charge on any atom is -0.398 e. The van der Waals surface area contributed by atoms with Crippen molar-refractivity contribution in [2.24, 2.45) is 0 Å². The van der Waals surface area contributed by atoms with Crippen LogP contribution in [0.2, 0.25) is 0 Å². The molecule has 1 atom stereocenters. The Kier molecular flexibility index (Phi) is 4.92. The van der Waals surface area contributed by atoms with Crippen LogP contribution in [0.1, 0.15) is 26.7 Å². The number of imidazole rings is 1. The molecule has 2 aromatic rings. The zero-order chi connectivity index (χ0) is 15.2. The smallest absolute Gasteiger partial charge is 0.221 e. The fourth-order valence-corrected chi connectivity index (χ4v) is 2.01. The first-order valence-electron chi connectivity index (χ1n) is 7.11. The van der Waals surface area contributed by atoms with Crippen molar-refractivity contribution < 1.29 is 4.79 Å². The lowest BCUT2D eigenvalue weighted by atomic mass is 10.2. The number of nitrogen functional groups attached to an aromatic ring is 1. The zero-order valence-corrected chi connectivity index (χ0v) is 12.4. The second-order valence-electron chi connectivity index (χ2n) is 5.06. The molecule has 1 amide bonds. The van der Waals surface area contributed by atoms with Gasteiger partial charge in [0.15, 0.2) is 0 Å². The van der Waals surface area contributed by atoms with Crippen molar-refractivity contribution in [2.75, 3.05) is 5.73 Å². The van der Waals surface area contributed by atoms with Gasteiger partial charge in [0, 0.05) is 42.7 Å². The van der Waals surface area contributed by atoms with Crippen LogP contribution in [0.5, 0.6) is 0 Å². The molecule has 112 valence electrons. The standard InChI is InChI=1S/C15H21N5O/c1-3-11(2)19-15(21)5-7-20-10-18-9-14(20)12-8-17-6-4-13(12)16/h4,6,8-11H,3,5,7H2,1-2H3,(H2,16,17)(H,19,21). The number of hydrogen-bond donors (Lipinski definition) is 2. The van der Waals surface area contributed by atoms with E-state index in [1.807, 2.05) is 18.4 Å². The highest BCUT2D eigenvalue weighted by atomic mass is 16.1. The third-order valence-electron chi connectivity index (χ3n) is 3.44. The number of pyridine rings is 1. The SMILES string of the molecule is CCC(C)NC(=O)CCn1cncc1-c1cnccc1N. The van der Waals surface area contributed by atoms with Gasteiger partial charge in [0.2, 0.25) is 5.91 Å². The van der Waals surface area contributed by atoms with E-state index in [0.717, 1.165) is 17.7 Å². The van der Waals surface area contributed by atoms with Crippen LogP contribution in [0.15, 0.2) is 31.0 Å². The topological polar surface area (TPSA) is 85.8 Å². The van der Waals surface area contributed by atoms with Gasteiger partial charge in [-0.25, -0.2) is 4.98 Å². The van der Waals surface area contributed by atoms with Crippen LogP contribution in [0, 0.1) is 0 Å². The largest absolute Gasteiger partial charge is 0.398 e. The Hall–Kier alpha value is -2.37. The molecular formula is C15H21N5O. The molecule has 0 saturated heterocycles. The normalized spacial score (nSPS) is 12.1. The Bertz CT molecular complexity index is 608. The zero-order valence-electron chi connectivity index (χ0n) is 12.4. The van der Waals surface area contributed by atoms with Crippen LogP contribution >= 0.6 is 0 Å². The average Bonchev–Trinajstić information content (AvgIpc) is 2.93. The third kappa shape index (κ3) is 3.81. The molecule has 0 spiro atoms. The van der Waals surface area contributed by atoms with E-state index >= 15 is 0 Å². The number of carbonyl (C=O) groups is 1. The van der Waals surface area contributed by atoms with Crippen molar-refractivity contribution >= 4 is 11.6 Å². The van der Waals surface area contributed by atoms with E-state index < -0.39 is 0 Å². The quantitative estimate of drug-likeness (QED) is 0.848. The van der Waals surface area contributed by atoms with E-state index in [1.165, 1.54) is 0 Å². The summed E-state index contributed by atoms with van der Waals surface area (Å²) in [6.07, 6.45) is 8.14. The molecule has 0 aliphatic carbocycles. The number of nitrogens with zero attached hydrogens (tertiary/aromatic N) is 3. The minimum atomic E-state index is 0.0446. The molecule has 6 heteroatoms. The highest BCUT2D eigenvalue weighted by Gasteiger charge is 2.11. The maximum Gasteiger partial charge on any atom is 0.221 e. The number of amides is 1. The Morgan fingerprint density at radius 2 is 2.24 bits per heavy atom. The van der Waals surface area contributed by atoms with Crippen molar-refractivity contribution in [3.05, 3.63) is 31.0 Å². The number of carbonyl (C=O) groups excluding carboxylic acids is 1. The monoisotopic (exact) mass is 287 g/mol. The first-order valence-corrected chi connectivity index (χ1v) is 7.11. The van der Waals surface area contributed by atoms with Gasteiger partial charge >= 0.3 is 0 Å². The van der Waals surface area contributed by atoms with E-state index in [9.17, 15) is 4.79 Å². The Morgan fingerprint density at radius 1 is 1.43 bits per heavy atom. The summed E-state index contributed by atoms with van der Waals surface area (Å²) in [5.74, 6) is 0.0446. The van der Waals surface area contributed by atoms with Gasteiger partial charge in [-0.2, -0.15) is 0 Å². The fourth-order valence-electron chi connectivity index (χ4n) is 2.01. The summed E-state index contributed by atoms with van der Waals surface area (Å²) < 4.78 is 1.92. The lowest BCUT2D eigenvalue weighted by molar-refractivity contribution is -0.121. The van der Waals surface area contributed by atoms with Crippen LogP contribution in [0.4, 0.5) is 5.69 Å². The summed E-state index contributed by atoms with van der Waals surface area (Å²) in [5.41, 5.74) is 8.31. The number of nitrogens with two attached hydrogens (primary N) is 1. The predicted octanol–water partition coefficient (Wildman–Crippen LogP) is 1.83. The van der Waals surface area contributed by atoms with E-state index in [1.54, 1.807) is 31.0 Å². The van der Waals surface area contributed by atoms with Crippen molar-refractivity contribution in [1.29, 1.82) is 0 Å². The number of aryl methyl sites for hydroxylation is 1. The summed E-state index contributed by atoms with van der Waals surface area (Å²) in [7, 11) is 0. The number of aromatic nitrogens is 3. The molecule has 3 N–H and O–H groups in total. The first kappa shape index (κ1) is 15.0. The van der Waals surface area contributed by atoms with E-state index in [4.69, 9.17) is 5.73 Å². The Balaban J connectivity index is 2.05. The van der Waals surface area contributed by atoms with Crippen LogP contribution in [-0.4, -0.2) is 26.5 Å².